The van der Waals surface area contributed by atoms with Crippen molar-refractivity contribution in [2.24, 2.45) is 5.92 Å². The van der Waals surface area contributed by atoms with Gasteiger partial charge >= 0.3 is 0 Å². The van der Waals surface area contributed by atoms with Crippen LogP contribution in [0, 0.1) is 23.0 Å². The van der Waals surface area contributed by atoms with Crippen LogP contribution in [0.25, 0.3) is 0 Å². The number of nitro benzene ring substituents is 1. The Hall–Kier alpha value is -1.62. The van der Waals surface area contributed by atoms with Crippen molar-refractivity contribution in [2.75, 3.05) is 31.6 Å². The minimum atomic E-state index is -0.252. The van der Waals surface area contributed by atoms with E-state index in [1.54, 1.807) is 13.0 Å². The van der Waals surface area contributed by atoms with Crippen LogP contribution >= 0.6 is 0 Å². The zero-order valence-electron chi connectivity index (χ0n) is 12.3. The van der Waals surface area contributed by atoms with E-state index in [1.165, 1.54) is 6.42 Å². The molecule has 5 heteroatoms. The van der Waals surface area contributed by atoms with E-state index >= 15 is 0 Å². The molecule has 0 spiro atoms. The fourth-order valence-corrected chi connectivity index (χ4v) is 2.95. The first-order chi connectivity index (χ1) is 9.63. The molecule has 2 rings (SSSR count). The minimum Gasteiger partial charge on any atom is -0.366 e. The molecule has 1 aliphatic heterocycles. The maximum Gasteiger partial charge on any atom is 0.295 e. The van der Waals surface area contributed by atoms with E-state index in [1.807, 2.05) is 19.2 Å². The van der Waals surface area contributed by atoms with Crippen LogP contribution in [0.4, 0.5) is 11.4 Å². The number of hydrogen-bond donors (Lipinski definition) is 1. The number of hydrogen-bond acceptors (Lipinski definition) is 4. The van der Waals surface area contributed by atoms with Gasteiger partial charge in [0.2, 0.25) is 0 Å². The summed E-state index contributed by atoms with van der Waals surface area (Å²) in [7, 11) is 1.98. The number of anilines is 1. The van der Waals surface area contributed by atoms with Crippen molar-refractivity contribution in [1.82, 2.24) is 5.32 Å². The van der Waals surface area contributed by atoms with Crippen LogP contribution in [0.15, 0.2) is 18.2 Å². The fraction of sp³-hybridized carbons (Fsp3) is 0.600. The van der Waals surface area contributed by atoms with Crippen LogP contribution in [0.3, 0.4) is 0 Å². The van der Waals surface area contributed by atoms with E-state index < -0.39 is 0 Å². The van der Waals surface area contributed by atoms with Crippen molar-refractivity contribution in [3.05, 3.63) is 33.9 Å². The van der Waals surface area contributed by atoms with Gasteiger partial charge in [0.25, 0.3) is 5.69 Å². The van der Waals surface area contributed by atoms with Crippen LogP contribution < -0.4 is 10.2 Å². The first-order valence-corrected chi connectivity index (χ1v) is 7.27. The zero-order chi connectivity index (χ0) is 14.5. The molecule has 0 unspecified atom stereocenters. The molecular formula is C15H23N3O2. The molecule has 1 aromatic carbocycles. The van der Waals surface area contributed by atoms with E-state index in [-0.39, 0.29) is 10.6 Å². The molecule has 1 aliphatic rings. The lowest BCUT2D eigenvalue weighted by Gasteiger charge is -2.33. The summed E-state index contributed by atoms with van der Waals surface area (Å²) in [6, 6.07) is 5.59. The summed E-state index contributed by atoms with van der Waals surface area (Å²) in [4.78, 5) is 13.2. The Morgan fingerprint density at radius 3 is 2.70 bits per heavy atom. The van der Waals surface area contributed by atoms with Crippen LogP contribution in [0.5, 0.6) is 0 Å². The maximum absolute atomic E-state index is 11.3. The second-order valence-electron chi connectivity index (χ2n) is 5.52. The number of nitro groups is 1. The normalized spacial score (nSPS) is 16.4. The van der Waals surface area contributed by atoms with Crippen LogP contribution in [0.1, 0.15) is 24.8 Å². The minimum absolute atomic E-state index is 0.252. The second-order valence-corrected chi connectivity index (χ2v) is 5.52. The van der Waals surface area contributed by atoms with Gasteiger partial charge in [-0.2, -0.15) is 0 Å². The third-order valence-electron chi connectivity index (χ3n) is 4.16. The van der Waals surface area contributed by atoms with Crippen molar-refractivity contribution in [3.8, 4) is 0 Å². The number of rotatable bonds is 5. The van der Waals surface area contributed by atoms with Crippen molar-refractivity contribution in [3.63, 3.8) is 0 Å². The Labute approximate surface area is 120 Å². The predicted octanol–water partition coefficient (Wildman–Crippen LogP) is 2.73. The summed E-state index contributed by atoms with van der Waals surface area (Å²) in [5, 5.41) is 14.4. The smallest absolute Gasteiger partial charge is 0.295 e. The highest BCUT2D eigenvalue weighted by Crippen LogP contribution is 2.34. The molecule has 1 N–H and O–H groups in total. The fourth-order valence-electron chi connectivity index (χ4n) is 2.95. The van der Waals surface area contributed by atoms with Gasteiger partial charge in [-0.05, 0) is 51.8 Å². The van der Waals surface area contributed by atoms with Crippen molar-refractivity contribution >= 4 is 11.4 Å². The lowest BCUT2D eigenvalue weighted by Crippen LogP contribution is -2.34. The van der Waals surface area contributed by atoms with Gasteiger partial charge in [0.05, 0.1) is 4.92 Å². The Morgan fingerprint density at radius 1 is 1.40 bits per heavy atom. The van der Waals surface area contributed by atoms with E-state index in [2.05, 4.69) is 10.2 Å². The number of nitrogens with zero attached hydrogens (tertiary/aromatic N) is 2. The van der Waals surface area contributed by atoms with Gasteiger partial charge in [0.15, 0.2) is 0 Å². The Kier molecular flexibility index (Phi) is 4.95. The first-order valence-electron chi connectivity index (χ1n) is 7.27. The Bertz CT molecular complexity index is 468. The third-order valence-corrected chi connectivity index (χ3v) is 4.16. The van der Waals surface area contributed by atoms with Gasteiger partial charge in [0, 0.05) is 18.7 Å². The van der Waals surface area contributed by atoms with Gasteiger partial charge in [-0.3, -0.25) is 10.1 Å². The first kappa shape index (κ1) is 14.8. The van der Waals surface area contributed by atoms with E-state index in [0.29, 0.717) is 0 Å². The second kappa shape index (κ2) is 6.70. The molecule has 20 heavy (non-hydrogen) atoms. The summed E-state index contributed by atoms with van der Waals surface area (Å²) in [5.74, 6) is 0.738. The van der Waals surface area contributed by atoms with E-state index in [4.69, 9.17) is 0 Å². The maximum atomic E-state index is 11.3. The Morgan fingerprint density at radius 2 is 2.10 bits per heavy atom. The van der Waals surface area contributed by atoms with Crippen LogP contribution in [-0.4, -0.2) is 31.6 Å². The number of para-hydroxylation sites is 1. The topological polar surface area (TPSA) is 58.4 Å². The van der Waals surface area contributed by atoms with Crippen molar-refractivity contribution < 1.29 is 4.92 Å². The summed E-state index contributed by atoms with van der Waals surface area (Å²) >= 11 is 0. The van der Waals surface area contributed by atoms with Gasteiger partial charge in [0.1, 0.15) is 5.69 Å². The molecule has 1 heterocycles. The number of benzene rings is 1. The molecular weight excluding hydrogens is 254 g/mol. The Balaban J connectivity index is 2.07. The van der Waals surface area contributed by atoms with Gasteiger partial charge < -0.3 is 10.2 Å². The molecule has 0 amide bonds. The summed E-state index contributed by atoms with van der Waals surface area (Å²) in [6.07, 6.45) is 3.43. The monoisotopic (exact) mass is 277 g/mol. The molecule has 5 nitrogen and oxygen atoms in total. The van der Waals surface area contributed by atoms with Gasteiger partial charge in [-0.25, -0.2) is 0 Å². The van der Waals surface area contributed by atoms with E-state index in [9.17, 15) is 10.1 Å². The quantitative estimate of drug-likeness (QED) is 0.664. The zero-order valence-corrected chi connectivity index (χ0v) is 12.3. The highest BCUT2D eigenvalue weighted by Gasteiger charge is 2.25. The van der Waals surface area contributed by atoms with Crippen molar-refractivity contribution in [2.45, 2.75) is 26.2 Å². The summed E-state index contributed by atoms with van der Waals surface area (Å²) in [6.45, 7) is 4.69. The molecule has 1 fully saturated rings. The molecule has 0 aromatic heterocycles. The molecule has 1 aromatic rings. The van der Waals surface area contributed by atoms with Crippen LogP contribution in [0.2, 0.25) is 0 Å². The molecule has 0 atom stereocenters. The largest absolute Gasteiger partial charge is 0.366 e. The van der Waals surface area contributed by atoms with Crippen LogP contribution in [-0.2, 0) is 0 Å². The average Bonchev–Trinajstić information content (AvgIpc) is 2.45. The number of piperidine rings is 1. The summed E-state index contributed by atoms with van der Waals surface area (Å²) < 4.78 is 0. The number of aryl methyl sites for hydroxylation is 1. The lowest BCUT2D eigenvalue weighted by atomic mass is 9.93. The molecule has 0 saturated carbocycles. The average molecular weight is 277 g/mol. The SMILES string of the molecule is CNCCC1CCN(c2cccc(C)c2[N+](=O)[O-])CC1. The molecule has 1 saturated heterocycles. The number of nitrogens with one attached hydrogen (secondary N) is 1. The van der Waals surface area contributed by atoms with Gasteiger partial charge in [-0.1, -0.05) is 12.1 Å². The highest BCUT2D eigenvalue weighted by molar-refractivity contribution is 5.66. The molecule has 0 bridgehead atoms. The third kappa shape index (κ3) is 3.28. The highest BCUT2D eigenvalue weighted by atomic mass is 16.6. The van der Waals surface area contributed by atoms with Crippen molar-refractivity contribution in [1.29, 1.82) is 0 Å². The van der Waals surface area contributed by atoms with Gasteiger partial charge in [-0.15, -0.1) is 0 Å². The lowest BCUT2D eigenvalue weighted by molar-refractivity contribution is -0.384. The molecule has 110 valence electrons. The predicted molar refractivity (Wildman–Crippen MR) is 81.3 cm³/mol. The molecule has 0 aliphatic carbocycles. The van der Waals surface area contributed by atoms with E-state index in [0.717, 1.165) is 49.6 Å². The standard InChI is InChI=1S/C15H23N3O2/c1-12-4-3-5-14(15(12)18(19)20)17-10-7-13(8-11-17)6-9-16-2/h3-5,13,16H,6-11H2,1-2H3. The molecule has 0 radical (unpaired) electrons. The summed E-state index contributed by atoms with van der Waals surface area (Å²) in [5.41, 5.74) is 1.79.